The molecule has 0 radical (unpaired) electrons. The number of carbonyl (C=O) groups is 3. The Morgan fingerprint density at radius 2 is 1.78 bits per heavy atom. The van der Waals surface area contributed by atoms with E-state index >= 15 is 0 Å². The zero-order valence-corrected chi connectivity index (χ0v) is 13.2. The molecule has 1 N–H and O–H groups in total. The van der Waals surface area contributed by atoms with Crippen LogP contribution in [0.5, 0.6) is 0 Å². The zero-order chi connectivity index (χ0) is 16.6. The summed E-state index contributed by atoms with van der Waals surface area (Å²) in [6, 6.07) is 8.88. The fourth-order valence-corrected chi connectivity index (χ4v) is 3.84. The third kappa shape index (κ3) is 2.53. The highest BCUT2D eigenvalue weighted by atomic mass is 16.6. The summed E-state index contributed by atoms with van der Waals surface area (Å²) >= 11 is 0. The van der Waals surface area contributed by atoms with Crippen LogP contribution in [0.1, 0.15) is 19.8 Å². The van der Waals surface area contributed by atoms with Gasteiger partial charge in [-0.05, 0) is 30.9 Å². The fourth-order valence-electron chi connectivity index (χ4n) is 3.84. The summed E-state index contributed by atoms with van der Waals surface area (Å²) in [6.45, 7) is 1.97. The lowest BCUT2D eigenvalue weighted by Gasteiger charge is -2.33. The Kier molecular flexibility index (Phi) is 4.17. The summed E-state index contributed by atoms with van der Waals surface area (Å²) in [6.07, 6.45) is 1.32. The van der Waals surface area contributed by atoms with Crippen molar-refractivity contribution in [1.29, 1.82) is 0 Å². The third-order valence-electron chi connectivity index (χ3n) is 4.93. The fraction of sp³-hybridized carbons (Fsp3) is 0.471. The van der Waals surface area contributed by atoms with E-state index in [9.17, 15) is 14.4 Å². The molecule has 1 saturated heterocycles. The number of nitrogens with zero attached hydrogens (tertiary/aromatic N) is 1. The van der Waals surface area contributed by atoms with Crippen molar-refractivity contribution in [3.63, 3.8) is 0 Å². The molecule has 0 spiro atoms. The van der Waals surface area contributed by atoms with Crippen molar-refractivity contribution in [2.24, 2.45) is 23.7 Å². The molecule has 2 aliphatic rings. The zero-order valence-electron chi connectivity index (χ0n) is 13.2. The molecule has 1 aliphatic carbocycles. The summed E-state index contributed by atoms with van der Waals surface area (Å²) in [5.74, 6) is -2.31. The maximum atomic E-state index is 12.9. The second kappa shape index (κ2) is 6.12. The first-order chi connectivity index (χ1) is 11.1. The van der Waals surface area contributed by atoms with Gasteiger partial charge in [0.05, 0.1) is 30.6 Å². The summed E-state index contributed by atoms with van der Waals surface area (Å²) in [5, 5.41) is 0. The van der Waals surface area contributed by atoms with Gasteiger partial charge in [-0.15, -0.1) is 0 Å². The molecular formula is C17H20N2O4. The van der Waals surface area contributed by atoms with Crippen LogP contribution in [-0.2, 0) is 19.2 Å². The van der Waals surface area contributed by atoms with Gasteiger partial charge < -0.3 is 0 Å². The van der Waals surface area contributed by atoms with E-state index in [0.29, 0.717) is 12.1 Å². The van der Waals surface area contributed by atoms with Gasteiger partial charge in [0.2, 0.25) is 17.7 Å². The molecule has 2 fully saturated rings. The number of hydroxylamine groups is 1. The molecule has 23 heavy (non-hydrogen) atoms. The molecule has 1 aromatic rings. The predicted molar refractivity (Wildman–Crippen MR) is 83.0 cm³/mol. The van der Waals surface area contributed by atoms with E-state index in [2.05, 4.69) is 5.48 Å². The minimum atomic E-state index is -0.610. The Bertz CT molecular complexity index is 631. The quantitative estimate of drug-likeness (QED) is 0.677. The van der Waals surface area contributed by atoms with Crippen molar-refractivity contribution in [2.75, 3.05) is 12.0 Å². The molecule has 0 unspecified atom stereocenters. The van der Waals surface area contributed by atoms with E-state index in [1.807, 2.05) is 13.0 Å². The Balaban J connectivity index is 1.96. The molecule has 4 atom stereocenters. The normalized spacial score (nSPS) is 30.3. The van der Waals surface area contributed by atoms with Crippen LogP contribution in [0.4, 0.5) is 5.69 Å². The summed E-state index contributed by atoms with van der Waals surface area (Å²) in [7, 11) is 1.36. The van der Waals surface area contributed by atoms with E-state index < -0.39 is 17.8 Å². The first-order valence-electron chi connectivity index (χ1n) is 7.82. The average molecular weight is 316 g/mol. The van der Waals surface area contributed by atoms with Crippen LogP contribution in [0.3, 0.4) is 0 Å². The minimum absolute atomic E-state index is 0.0803. The van der Waals surface area contributed by atoms with Gasteiger partial charge in [0, 0.05) is 0 Å². The molecule has 6 heteroatoms. The SMILES string of the molecule is CONC(=O)[C@@H]1CC[C@H](C)[C@@H]2C(=O)N(c3ccccc3)C(=O)[C@H]21. The second-order valence-corrected chi connectivity index (χ2v) is 6.23. The summed E-state index contributed by atoms with van der Waals surface area (Å²) in [4.78, 5) is 43.9. The van der Waals surface area contributed by atoms with E-state index in [-0.39, 0.29) is 23.6 Å². The van der Waals surface area contributed by atoms with E-state index in [4.69, 9.17) is 4.84 Å². The molecule has 122 valence electrons. The van der Waals surface area contributed by atoms with Gasteiger partial charge in [0.1, 0.15) is 0 Å². The van der Waals surface area contributed by atoms with Crippen LogP contribution < -0.4 is 10.4 Å². The van der Waals surface area contributed by atoms with Crippen LogP contribution in [-0.4, -0.2) is 24.8 Å². The van der Waals surface area contributed by atoms with Gasteiger partial charge in [0.15, 0.2) is 0 Å². The summed E-state index contributed by atoms with van der Waals surface area (Å²) in [5.41, 5.74) is 2.88. The summed E-state index contributed by atoms with van der Waals surface area (Å²) < 4.78 is 0. The molecule has 1 saturated carbocycles. The van der Waals surface area contributed by atoms with Gasteiger partial charge in [-0.3, -0.25) is 24.1 Å². The maximum absolute atomic E-state index is 12.9. The highest BCUT2D eigenvalue weighted by Gasteiger charge is 2.56. The highest BCUT2D eigenvalue weighted by molar-refractivity contribution is 6.23. The van der Waals surface area contributed by atoms with Crippen LogP contribution in [0.2, 0.25) is 0 Å². The molecule has 0 bridgehead atoms. The molecule has 1 aromatic carbocycles. The lowest BCUT2D eigenvalue weighted by Crippen LogP contribution is -2.43. The Labute approximate surface area is 134 Å². The number of hydrogen-bond acceptors (Lipinski definition) is 4. The number of amides is 3. The monoisotopic (exact) mass is 316 g/mol. The van der Waals surface area contributed by atoms with Gasteiger partial charge in [-0.2, -0.15) is 0 Å². The molecule has 3 amide bonds. The van der Waals surface area contributed by atoms with Gasteiger partial charge >= 0.3 is 0 Å². The van der Waals surface area contributed by atoms with Crippen LogP contribution in [0.25, 0.3) is 0 Å². The van der Waals surface area contributed by atoms with Gasteiger partial charge in [-0.25, -0.2) is 5.48 Å². The van der Waals surface area contributed by atoms with Crippen molar-refractivity contribution in [3.8, 4) is 0 Å². The maximum Gasteiger partial charge on any atom is 0.247 e. The topological polar surface area (TPSA) is 75.7 Å². The molecule has 0 aromatic heterocycles. The van der Waals surface area contributed by atoms with Crippen molar-refractivity contribution in [3.05, 3.63) is 30.3 Å². The number of anilines is 1. The van der Waals surface area contributed by atoms with Gasteiger partial charge in [0.25, 0.3) is 0 Å². The lowest BCUT2D eigenvalue weighted by molar-refractivity contribution is -0.144. The van der Waals surface area contributed by atoms with Crippen molar-refractivity contribution >= 4 is 23.4 Å². The van der Waals surface area contributed by atoms with E-state index in [1.165, 1.54) is 12.0 Å². The van der Waals surface area contributed by atoms with E-state index in [0.717, 1.165) is 6.42 Å². The van der Waals surface area contributed by atoms with Crippen molar-refractivity contribution in [2.45, 2.75) is 19.8 Å². The predicted octanol–water partition coefficient (Wildman–Crippen LogP) is 1.52. The number of carbonyl (C=O) groups excluding carboxylic acids is 3. The lowest BCUT2D eigenvalue weighted by atomic mass is 9.68. The number of rotatable bonds is 3. The number of imide groups is 1. The molecule has 6 nitrogen and oxygen atoms in total. The third-order valence-corrected chi connectivity index (χ3v) is 4.93. The van der Waals surface area contributed by atoms with Crippen LogP contribution in [0, 0.1) is 23.7 Å². The number of nitrogens with one attached hydrogen (secondary N) is 1. The van der Waals surface area contributed by atoms with Crippen molar-refractivity contribution < 1.29 is 19.2 Å². The first kappa shape index (κ1) is 15.7. The minimum Gasteiger partial charge on any atom is -0.277 e. The number of hydrogen-bond donors (Lipinski definition) is 1. The van der Waals surface area contributed by atoms with E-state index in [1.54, 1.807) is 24.3 Å². The Morgan fingerprint density at radius 3 is 2.43 bits per heavy atom. The standard InChI is InChI=1S/C17H20N2O4/c1-10-8-9-12(15(20)18-23-2)14-13(10)16(21)19(17(14)22)11-6-4-3-5-7-11/h3-7,10,12-14H,8-9H2,1-2H3,(H,18,20)/t10-,12+,13-,14-/m0/s1. The second-order valence-electron chi connectivity index (χ2n) is 6.23. The smallest absolute Gasteiger partial charge is 0.247 e. The molecule has 1 heterocycles. The highest BCUT2D eigenvalue weighted by Crippen LogP contribution is 2.46. The molecule has 1 aliphatic heterocycles. The Hall–Kier alpha value is -2.21. The Morgan fingerprint density at radius 1 is 1.13 bits per heavy atom. The van der Waals surface area contributed by atoms with Crippen LogP contribution in [0.15, 0.2) is 30.3 Å². The van der Waals surface area contributed by atoms with Crippen LogP contribution >= 0.6 is 0 Å². The molecule has 3 rings (SSSR count). The number of para-hydroxylation sites is 1. The number of benzene rings is 1. The number of fused-ring (bicyclic) bond motifs is 1. The largest absolute Gasteiger partial charge is 0.277 e. The molecular weight excluding hydrogens is 296 g/mol. The average Bonchev–Trinajstić information content (AvgIpc) is 2.81. The van der Waals surface area contributed by atoms with Crippen molar-refractivity contribution in [1.82, 2.24) is 5.48 Å². The van der Waals surface area contributed by atoms with Gasteiger partial charge in [-0.1, -0.05) is 25.1 Å². The first-order valence-corrected chi connectivity index (χ1v) is 7.82.